The molecule has 0 unspecified atom stereocenters. The minimum atomic E-state index is -0.367. The van der Waals surface area contributed by atoms with Crippen LogP contribution in [0, 0.1) is 0 Å². The van der Waals surface area contributed by atoms with Gasteiger partial charge in [0.1, 0.15) is 17.5 Å². The predicted molar refractivity (Wildman–Crippen MR) is 82.0 cm³/mol. The fourth-order valence-corrected chi connectivity index (χ4v) is 1.83. The zero-order chi connectivity index (χ0) is 15.3. The number of carbonyl (C=O) groups is 1. The molecule has 0 spiro atoms. The number of hydrogen-bond acceptors (Lipinski definition) is 5. The third-order valence-electron chi connectivity index (χ3n) is 2.85. The molecule has 0 radical (unpaired) electrons. The van der Waals surface area contributed by atoms with Gasteiger partial charge in [0.2, 0.25) is 5.91 Å². The molecule has 0 aliphatic heterocycles. The lowest BCUT2D eigenvalue weighted by molar-refractivity contribution is -0.116. The first-order valence-corrected chi connectivity index (χ1v) is 7.02. The van der Waals surface area contributed by atoms with E-state index in [1.807, 2.05) is 45.6 Å². The molecule has 0 aliphatic carbocycles. The monoisotopic (exact) mass is 279 g/mol. The highest BCUT2D eigenvalue weighted by molar-refractivity contribution is 5.79. The zero-order valence-electron chi connectivity index (χ0n) is 13.0. The number of amides is 1. The summed E-state index contributed by atoms with van der Waals surface area (Å²) in [6, 6.07) is 1.99. The maximum atomic E-state index is 11.2. The summed E-state index contributed by atoms with van der Waals surface area (Å²) in [5, 5.41) is 3.20. The van der Waals surface area contributed by atoms with Gasteiger partial charge >= 0.3 is 0 Å². The Hall–Kier alpha value is -1.85. The molecule has 1 aromatic heterocycles. The van der Waals surface area contributed by atoms with Crippen molar-refractivity contribution in [3.8, 4) is 0 Å². The molecule has 0 fully saturated rings. The van der Waals surface area contributed by atoms with Gasteiger partial charge in [0.15, 0.2) is 0 Å². The van der Waals surface area contributed by atoms with Crippen molar-refractivity contribution in [2.75, 3.05) is 23.3 Å². The van der Waals surface area contributed by atoms with E-state index < -0.39 is 0 Å². The Balaban J connectivity index is 3.21. The highest BCUT2D eigenvalue weighted by Gasteiger charge is 2.17. The summed E-state index contributed by atoms with van der Waals surface area (Å²) >= 11 is 0. The van der Waals surface area contributed by atoms with Crippen LogP contribution in [-0.2, 0) is 4.79 Å². The maximum absolute atomic E-state index is 11.2. The van der Waals surface area contributed by atoms with Crippen LogP contribution in [0.2, 0.25) is 0 Å². The third kappa shape index (κ3) is 4.36. The van der Waals surface area contributed by atoms with Crippen LogP contribution in [0.1, 0.15) is 46.4 Å². The van der Waals surface area contributed by atoms with Crippen molar-refractivity contribution in [2.45, 2.75) is 46.6 Å². The molecule has 112 valence electrons. The van der Waals surface area contributed by atoms with E-state index in [-0.39, 0.29) is 24.4 Å². The standard InChI is InChI=1S/C14H25N5O/c1-6-16-12-7-13(18-14(17-12)9(2)3)19(10(4)5)8-11(15)20/h7,9-10H,6,8H2,1-5H3,(H2,15,20)(H,16,17,18). The van der Waals surface area contributed by atoms with Crippen LogP contribution in [0.25, 0.3) is 0 Å². The molecule has 1 rings (SSSR count). The van der Waals surface area contributed by atoms with Gasteiger partial charge in [-0.2, -0.15) is 0 Å². The molecular formula is C14H25N5O. The van der Waals surface area contributed by atoms with Gasteiger partial charge < -0.3 is 16.0 Å². The molecule has 1 aromatic rings. The lowest BCUT2D eigenvalue weighted by Gasteiger charge is -2.27. The summed E-state index contributed by atoms with van der Waals surface area (Å²) < 4.78 is 0. The summed E-state index contributed by atoms with van der Waals surface area (Å²) in [4.78, 5) is 22.2. The fraction of sp³-hybridized carbons (Fsp3) is 0.643. The van der Waals surface area contributed by atoms with Gasteiger partial charge in [-0.15, -0.1) is 0 Å². The van der Waals surface area contributed by atoms with Crippen LogP contribution in [-0.4, -0.2) is 35.0 Å². The minimum Gasteiger partial charge on any atom is -0.370 e. The second kappa shape index (κ2) is 7.07. The van der Waals surface area contributed by atoms with E-state index in [1.165, 1.54) is 0 Å². The van der Waals surface area contributed by atoms with Gasteiger partial charge in [0.05, 0.1) is 6.54 Å². The number of hydrogen-bond donors (Lipinski definition) is 2. The number of nitrogens with two attached hydrogens (primary N) is 1. The average molecular weight is 279 g/mol. The van der Waals surface area contributed by atoms with Crippen LogP contribution in [0.3, 0.4) is 0 Å². The summed E-state index contributed by atoms with van der Waals surface area (Å²) in [5.41, 5.74) is 5.32. The first-order chi connectivity index (χ1) is 9.35. The van der Waals surface area contributed by atoms with Gasteiger partial charge in [-0.3, -0.25) is 4.79 Å². The van der Waals surface area contributed by atoms with E-state index >= 15 is 0 Å². The number of nitrogens with one attached hydrogen (secondary N) is 1. The Bertz CT molecular complexity index is 459. The zero-order valence-corrected chi connectivity index (χ0v) is 13.0. The highest BCUT2D eigenvalue weighted by Crippen LogP contribution is 2.21. The molecule has 1 amide bonds. The van der Waals surface area contributed by atoms with Crippen molar-refractivity contribution in [2.24, 2.45) is 5.73 Å². The molecule has 0 bridgehead atoms. The van der Waals surface area contributed by atoms with Crippen LogP contribution >= 0.6 is 0 Å². The molecule has 0 saturated carbocycles. The van der Waals surface area contributed by atoms with Crippen molar-refractivity contribution in [3.05, 3.63) is 11.9 Å². The summed E-state index contributed by atoms with van der Waals surface area (Å²) in [7, 11) is 0. The molecule has 0 atom stereocenters. The molecule has 1 heterocycles. The first kappa shape index (κ1) is 16.2. The van der Waals surface area contributed by atoms with Crippen molar-refractivity contribution in [3.63, 3.8) is 0 Å². The Morgan fingerprint density at radius 3 is 2.45 bits per heavy atom. The molecule has 6 heteroatoms. The summed E-state index contributed by atoms with van der Waals surface area (Å²) in [6.45, 7) is 11.1. The summed E-state index contributed by atoms with van der Waals surface area (Å²) in [6.07, 6.45) is 0. The quantitative estimate of drug-likeness (QED) is 0.794. The fourth-order valence-electron chi connectivity index (χ4n) is 1.83. The number of aromatic nitrogens is 2. The number of rotatable bonds is 7. The van der Waals surface area contributed by atoms with Crippen LogP contribution in [0.4, 0.5) is 11.6 Å². The minimum absolute atomic E-state index is 0.131. The number of carbonyl (C=O) groups excluding carboxylic acids is 1. The lowest BCUT2D eigenvalue weighted by atomic mass is 10.2. The smallest absolute Gasteiger partial charge is 0.237 e. The largest absolute Gasteiger partial charge is 0.370 e. The normalized spacial score (nSPS) is 10.9. The molecule has 3 N–H and O–H groups in total. The molecular weight excluding hydrogens is 254 g/mol. The molecule has 0 saturated heterocycles. The van der Waals surface area contributed by atoms with E-state index in [0.29, 0.717) is 0 Å². The second-order valence-corrected chi connectivity index (χ2v) is 5.34. The van der Waals surface area contributed by atoms with E-state index in [2.05, 4.69) is 15.3 Å². The first-order valence-electron chi connectivity index (χ1n) is 7.02. The molecule has 6 nitrogen and oxygen atoms in total. The van der Waals surface area contributed by atoms with E-state index in [0.717, 1.165) is 24.0 Å². The highest BCUT2D eigenvalue weighted by atomic mass is 16.1. The van der Waals surface area contributed by atoms with Crippen LogP contribution in [0.5, 0.6) is 0 Å². The Labute approximate surface area is 120 Å². The topological polar surface area (TPSA) is 84.1 Å². The van der Waals surface area contributed by atoms with E-state index in [1.54, 1.807) is 0 Å². The Kier molecular flexibility index (Phi) is 5.73. The third-order valence-corrected chi connectivity index (χ3v) is 2.85. The van der Waals surface area contributed by atoms with E-state index in [9.17, 15) is 4.79 Å². The van der Waals surface area contributed by atoms with Gasteiger partial charge in [0.25, 0.3) is 0 Å². The maximum Gasteiger partial charge on any atom is 0.237 e. The Morgan fingerprint density at radius 1 is 1.35 bits per heavy atom. The SMILES string of the molecule is CCNc1cc(N(CC(N)=O)C(C)C)nc(C(C)C)n1. The predicted octanol–water partition coefficient (Wildman–Crippen LogP) is 1.73. The van der Waals surface area contributed by atoms with Gasteiger partial charge in [-0.25, -0.2) is 9.97 Å². The number of nitrogens with zero attached hydrogens (tertiary/aromatic N) is 3. The van der Waals surface area contributed by atoms with Crippen LogP contribution < -0.4 is 16.0 Å². The molecule has 0 aliphatic rings. The lowest BCUT2D eigenvalue weighted by Crippen LogP contribution is -2.39. The van der Waals surface area contributed by atoms with Gasteiger partial charge in [-0.05, 0) is 20.8 Å². The summed E-state index contributed by atoms with van der Waals surface area (Å²) in [5.74, 6) is 2.11. The Morgan fingerprint density at radius 2 is 2.00 bits per heavy atom. The second-order valence-electron chi connectivity index (χ2n) is 5.34. The number of anilines is 2. The van der Waals surface area contributed by atoms with Crippen LogP contribution in [0.15, 0.2) is 6.07 Å². The average Bonchev–Trinajstić information content (AvgIpc) is 2.35. The van der Waals surface area contributed by atoms with Gasteiger partial charge in [0, 0.05) is 24.6 Å². The molecule has 20 heavy (non-hydrogen) atoms. The van der Waals surface area contributed by atoms with Crippen molar-refractivity contribution >= 4 is 17.5 Å². The van der Waals surface area contributed by atoms with E-state index in [4.69, 9.17) is 5.73 Å². The van der Waals surface area contributed by atoms with Crippen molar-refractivity contribution in [1.82, 2.24) is 9.97 Å². The van der Waals surface area contributed by atoms with Crippen molar-refractivity contribution < 1.29 is 4.79 Å². The molecule has 0 aromatic carbocycles. The van der Waals surface area contributed by atoms with Gasteiger partial charge in [-0.1, -0.05) is 13.8 Å². The number of primary amides is 1. The van der Waals surface area contributed by atoms with Crippen molar-refractivity contribution in [1.29, 1.82) is 0 Å².